The highest BCUT2D eigenvalue weighted by molar-refractivity contribution is 7.89. The standard InChI is InChI=1S/C20H21N3O5S2/c1-27-17-8-5-14(9-18(17)28-2)20-23-15(12-29-20)10-19(24)22-11-13-3-6-16(7-4-13)30(21,25)26/h3-9,12H,10-11H2,1-2H3,(H,22,24)(H2,21,25,26). The summed E-state index contributed by atoms with van der Waals surface area (Å²) < 4.78 is 33.1. The Labute approximate surface area is 178 Å². The van der Waals surface area contributed by atoms with Crippen molar-refractivity contribution in [3.8, 4) is 22.1 Å². The number of benzene rings is 2. The first-order chi connectivity index (χ1) is 14.3. The van der Waals surface area contributed by atoms with Gasteiger partial charge >= 0.3 is 0 Å². The molecule has 0 aliphatic carbocycles. The molecule has 3 N–H and O–H groups in total. The van der Waals surface area contributed by atoms with Gasteiger partial charge in [0.1, 0.15) is 5.01 Å². The van der Waals surface area contributed by atoms with Crippen LogP contribution in [0.5, 0.6) is 11.5 Å². The van der Waals surface area contributed by atoms with E-state index < -0.39 is 10.0 Å². The third-order valence-electron chi connectivity index (χ3n) is 4.27. The van der Waals surface area contributed by atoms with Gasteiger partial charge in [-0.25, -0.2) is 18.5 Å². The first-order valence-corrected chi connectivity index (χ1v) is 11.3. The van der Waals surface area contributed by atoms with Crippen molar-refractivity contribution in [3.05, 3.63) is 59.1 Å². The molecule has 3 aromatic rings. The van der Waals surface area contributed by atoms with E-state index in [9.17, 15) is 13.2 Å². The van der Waals surface area contributed by atoms with E-state index in [1.807, 2.05) is 23.6 Å². The molecule has 0 fully saturated rings. The van der Waals surface area contributed by atoms with E-state index in [2.05, 4.69) is 10.3 Å². The Hall–Kier alpha value is -2.95. The highest BCUT2D eigenvalue weighted by atomic mass is 32.2. The number of aromatic nitrogens is 1. The number of hydrogen-bond acceptors (Lipinski definition) is 7. The Morgan fingerprint density at radius 3 is 2.43 bits per heavy atom. The minimum absolute atomic E-state index is 0.0303. The van der Waals surface area contributed by atoms with Crippen LogP contribution in [0.25, 0.3) is 10.6 Å². The van der Waals surface area contributed by atoms with Gasteiger partial charge < -0.3 is 14.8 Å². The summed E-state index contributed by atoms with van der Waals surface area (Å²) in [5.74, 6) is 1.06. The van der Waals surface area contributed by atoms with Gasteiger partial charge in [-0.2, -0.15) is 0 Å². The number of nitrogens with one attached hydrogen (secondary N) is 1. The fourth-order valence-electron chi connectivity index (χ4n) is 2.71. The second-order valence-electron chi connectivity index (χ2n) is 6.36. The van der Waals surface area contributed by atoms with Crippen LogP contribution in [0.15, 0.2) is 52.7 Å². The molecule has 1 amide bonds. The Morgan fingerprint density at radius 1 is 1.10 bits per heavy atom. The SMILES string of the molecule is COc1ccc(-c2nc(CC(=O)NCc3ccc(S(N)(=O)=O)cc3)cs2)cc1OC. The van der Waals surface area contributed by atoms with Gasteiger partial charge in [-0.05, 0) is 35.9 Å². The lowest BCUT2D eigenvalue weighted by atomic mass is 10.2. The second kappa shape index (κ2) is 9.24. The number of nitrogens with two attached hydrogens (primary N) is 1. The van der Waals surface area contributed by atoms with Gasteiger partial charge in [0, 0.05) is 17.5 Å². The zero-order chi connectivity index (χ0) is 21.7. The maximum atomic E-state index is 12.2. The van der Waals surface area contributed by atoms with Crippen LogP contribution < -0.4 is 19.9 Å². The monoisotopic (exact) mass is 447 g/mol. The summed E-state index contributed by atoms with van der Waals surface area (Å²) in [5.41, 5.74) is 2.30. The lowest BCUT2D eigenvalue weighted by Gasteiger charge is -2.08. The molecule has 30 heavy (non-hydrogen) atoms. The number of amides is 1. The summed E-state index contributed by atoms with van der Waals surface area (Å²) >= 11 is 1.44. The summed E-state index contributed by atoms with van der Waals surface area (Å²) in [6, 6.07) is 11.6. The first-order valence-electron chi connectivity index (χ1n) is 8.85. The molecular formula is C20H21N3O5S2. The average Bonchev–Trinajstić information content (AvgIpc) is 3.19. The molecule has 8 nitrogen and oxygen atoms in total. The predicted octanol–water partition coefficient (Wildman–Crippen LogP) is 2.33. The molecule has 0 saturated carbocycles. The van der Waals surface area contributed by atoms with Crippen LogP contribution in [-0.2, 0) is 27.8 Å². The van der Waals surface area contributed by atoms with Crippen LogP contribution >= 0.6 is 11.3 Å². The van der Waals surface area contributed by atoms with Gasteiger partial charge in [-0.1, -0.05) is 12.1 Å². The zero-order valence-electron chi connectivity index (χ0n) is 16.4. The summed E-state index contributed by atoms with van der Waals surface area (Å²) in [5, 5.41) is 10.5. The van der Waals surface area contributed by atoms with Crippen LogP contribution in [-0.4, -0.2) is 33.5 Å². The first kappa shape index (κ1) is 21.8. The minimum atomic E-state index is -3.73. The molecule has 0 aliphatic rings. The van der Waals surface area contributed by atoms with Crippen molar-refractivity contribution >= 4 is 27.3 Å². The van der Waals surface area contributed by atoms with Gasteiger partial charge in [-0.15, -0.1) is 11.3 Å². The van der Waals surface area contributed by atoms with Crippen molar-refractivity contribution in [2.75, 3.05) is 14.2 Å². The van der Waals surface area contributed by atoms with E-state index in [4.69, 9.17) is 14.6 Å². The van der Waals surface area contributed by atoms with Gasteiger partial charge in [0.15, 0.2) is 11.5 Å². The van der Waals surface area contributed by atoms with Crippen LogP contribution in [0.1, 0.15) is 11.3 Å². The molecular weight excluding hydrogens is 426 g/mol. The molecule has 0 spiro atoms. The molecule has 0 radical (unpaired) electrons. The number of hydrogen-bond donors (Lipinski definition) is 2. The van der Waals surface area contributed by atoms with E-state index in [1.165, 1.54) is 23.5 Å². The van der Waals surface area contributed by atoms with E-state index >= 15 is 0 Å². The molecule has 0 atom stereocenters. The minimum Gasteiger partial charge on any atom is -0.493 e. The number of methoxy groups -OCH3 is 2. The van der Waals surface area contributed by atoms with E-state index in [-0.39, 0.29) is 23.8 Å². The lowest BCUT2D eigenvalue weighted by molar-refractivity contribution is -0.120. The second-order valence-corrected chi connectivity index (χ2v) is 8.78. The number of primary sulfonamides is 1. The normalized spacial score (nSPS) is 11.2. The van der Waals surface area contributed by atoms with Crippen molar-refractivity contribution in [3.63, 3.8) is 0 Å². The fourth-order valence-corrected chi connectivity index (χ4v) is 4.05. The van der Waals surface area contributed by atoms with Crippen LogP contribution in [0.4, 0.5) is 0 Å². The van der Waals surface area contributed by atoms with Crippen molar-refractivity contribution in [1.82, 2.24) is 10.3 Å². The summed E-state index contributed by atoms with van der Waals surface area (Å²) in [6.07, 6.45) is 0.138. The van der Waals surface area contributed by atoms with Crippen molar-refractivity contribution in [2.24, 2.45) is 5.14 Å². The third kappa shape index (κ3) is 5.35. The lowest BCUT2D eigenvalue weighted by Crippen LogP contribution is -2.24. The summed E-state index contributed by atoms with van der Waals surface area (Å²) in [6.45, 7) is 0.274. The highest BCUT2D eigenvalue weighted by Gasteiger charge is 2.12. The summed E-state index contributed by atoms with van der Waals surface area (Å²) in [4.78, 5) is 16.8. The van der Waals surface area contributed by atoms with E-state index in [1.54, 1.807) is 26.4 Å². The van der Waals surface area contributed by atoms with Crippen molar-refractivity contribution in [2.45, 2.75) is 17.9 Å². The van der Waals surface area contributed by atoms with Gasteiger partial charge in [0.2, 0.25) is 15.9 Å². The molecule has 0 bridgehead atoms. The quantitative estimate of drug-likeness (QED) is 0.547. The topological polar surface area (TPSA) is 121 Å². The van der Waals surface area contributed by atoms with E-state index in [0.29, 0.717) is 17.2 Å². The molecule has 2 aromatic carbocycles. The van der Waals surface area contributed by atoms with Gasteiger partial charge in [-0.3, -0.25) is 4.79 Å². The number of carbonyl (C=O) groups is 1. The smallest absolute Gasteiger partial charge is 0.238 e. The molecule has 1 aromatic heterocycles. The largest absolute Gasteiger partial charge is 0.493 e. The molecule has 0 saturated heterocycles. The third-order valence-corrected chi connectivity index (χ3v) is 6.13. The maximum absolute atomic E-state index is 12.2. The molecule has 1 heterocycles. The number of ether oxygens (including phenoxy) is 2. The van der Waals surface area contributed by atoms with Crippen molar-refractivity contribution < 1.29 is 22.7 Å². The fraction of sp³-hybridized carbons (Fsp3) is 0.200. The van der Waals surface area contributed by atoms with Gasteiger partial charge in [0.25, 0.3) is 0 Å². The molecule has 3 rings (SSSR count). The van der Waals surface area contributed by atoms with Crippen LogP contribution in [0, 0.1) is 0 Å². The molecule has 0 aliphatic heterocycles. The van der Waals surface area contributed by atoms with Crippen LogP contribution in [0.2, 0.25) is 0 Å². The van der Waals surface area contributed by atoms with Crippen molar-refractivity contribution in [1.29, 1.82) is 0 Å². The molecule has 158 valence electrons. The number of thiazole rings is 1. The van der Waals surface area contributed by atoms with E-state index in [0.717, 1.165) is 16.1 Å². The number of nitrogens with zero attached hydrogens (tertiary/aromatic N) is 1. The Balaban J connectivity index is 1.60. The van der Waals surface area contributed by atoms with Gasteiger partial charge in [0.05, 0.1) is 31.2 Å². The maximum Gasteiger partial charge on any atom is 0.238 e. The number of sulfonamides is 1. The Bertz CT molecular complexity index is 1140. The predicted molar refractivity (Wildman–Crippen MR) is 114 cm³/mol. The zero-order valence-corrected chi connectivity index (χ0v) is 18.0. The number of carbonyl (C=O) groups excluding carboxylic acids is 1. The Kier molecular flexibility index (Phi) is 6.70. The Morgan fingerprint density at radius 2 is 1.80 bits per heavy atom. The summed E-state index contributed by atoms with van der Waals surface area (Å²) in [7, 11) is -0.583. The van der Waals surface area contributed by atoms with Crippen LogP contribution in [0.3, 0.4) is 0 Å². The average molecular weight is 448 g/mol. The molecule has 10 heteroatoms. The molecule has 0 unspecified atom stereocenters. The number of rotatable bonds is 8. The highest BCUT2D eigenvalue weighted by Crippen LogP contribution is 2.33.